The van der Waals surface area contributed by atoms with Crippen LogP contribution in [-0.2, 0) is 0 Å². The van der Waals surface area contributed by atoms with Gasteiger partial charge in [0, 0.05) is 6.54 Å². The Bertz CT molecular complexity index is 126. The van der Waals surface area contributed by atoms with E-state index in [1.807, 2.05) is 19.0 Å². The second-order valence-electron chi connectivity index (χ2n) is 2.15. The Morgan fingerprint density at radius 3 is 2.22 bits per heavy atom. The van der Waals surface area contributed by atoms with Crippen molar-refractivity contribution in [3.63, 3.8) is 0 Å². The Labute approximate surface area is 53.5 Å². The normalized spacial score (nSPS) is 18.1. The third kappa shape index (κ3) is 1.85. The first-order valence-corrected chi connectivity index (χ1v) is 2.74. The minimum Gasteiger partial charge on any atom is -0.305 e. The Kier molecular flexibility index (Phi) is 1.84. The van der Waals surface area contributed by atoms with E-state index in [0.717, 1.165) is 6.54 Å². The topological polar surface area (TPSA) is 52.7 Å². The molecule has 0 radical (unpaired) electrons. The van der Waals surface area contributed by atoms with Gasteiger partial charge in [0.2, 0.25) is 0 Å². The standard InChI is InChI=1S/C4H9N5/c1-9(2)3-4-5-7-8-6-4/h4H,3H2,1-2H3. The van der Waals surface area contributed by atoms with Gasteiger partial charge in [0.25, 0.3) is 0 Å². The molecule has 50 valence electrons. The lowest BCUT2D eigenvalue weighted by Gasteiger charge is -2.07. The van der Waals surface area contributed by atoms with Crippen molar-refractivity contribution >= 4 is 0 Å². The van der Waals surface area contributed by atoms with Gasteiger partial charge in [0.1, 0.15) is 0 Å². The van der Waals surface area contributed by atoms with Crippen molar-refractivity contribution in [1.82, 2.24) is 4.90 Å². The van der Waals surface area contributed by atoms with Gasteiger partial charge in [0.05, 0.1) is 0 Å². The molecule has 0 unspecified atom stereocenters. The van der Waals surface area contributed by atoms with Crippen LogP contribution in [0.15, 0.2) is 20.7 Å². The molecule has 0 atom stereocenters. The summed E-state index contributed by atoms with van der Waals surface area (Å²) in [4.78, 5) is 1.99. The van der Waals surface area contributed by atoms with Gasteiger partial charge in [-0.25, -0.2) is 0 Å². The highest BCUT2D eigenvalue weighted by atomic mass is 15.6. The SMILES string of the molecule is CN(C)CC1N=NN=N1. The summed E-state index contributed by atoms with van der Waals surface area (Å²) < 4.78 is 0. The smallest absolute Gasteiger partial charge is 0.197 e. The molecule has 9 heavy (non-hydrogen) atoms. The van der Waals surface area contributed by atoms with Gasteiger partial charge in [-0.1, -0.05) is 0 Å². The average molecular weight is 127 g/mol. The minimum atomic E-state index is -0.0694. The molecule has 0 fully saturated rings. The molecule has 0 spiro atoms. The molecule has 0 bridgehead atoms. The molecule has 0 saturated heterocycles. The molecule has 1 rings (SSSR count). The van der Waals surface area contributed by atoms with Crippen molar-refractivity contribution in [2.75, 3.05) is 20.6 Å². The summed E-state index contributed by atoms with van der Waals surface area (Å²) in [5.41, 5.74) is 0. The summed E-state index contributed by atoms with van der Waals surface area (Å²) in [6, 6.07) is 0. The van der Waals surface area contributed by atoms with Crippen LogP contribution in [0.3, 0.4) is 0 Å². The van der Waals surface area contributed by atoms with Crippen molar-refractivity contribution in [2.24, 2.45) is 20.7 Å². The first kappa shape index (κ1) is 6.28. The van der Waals surface area contributed by atoms with Crippen LogP contribution in [-0.4, -0.2) is 31.7 Å². The van der Waals surface area contributed by atoms with Crippen LogP contribution in [0.1, 0.15) is 0 Å². The van der Waals surface area contributed by atoms with Gasteiger partial charge in [0.15, 0.2) is 6.17 Å². The van der Waals surface area contributed by atoms with E-state index < -0.39 is 0 Å². The van der Waals surface area contributed by atoms with Gasteiger partial charge < -0.3 is 4.90 Å². The highest BCUT2D eigenvalue weighted by Gasteiger charge is 2.08. The zero-order valence-electron chi connectivity index (χ0n) is 5.52. The molecular weight excluding hydrogens is 118 g/mol. The fraction of sp³-hybridized carbons (Fsp3) is 1.00. The van der Waals surface area contributed by atoms with E-state index in [-0.39, 0.29) is 6.17 Å². The molecule has 1 aliphatic rings. The van der Waals surface area contributed by atoms with E-state index in [1.165, 1.54) is 0 Å². The number of hydrogen-bond donors (Lipinski definition) is 0. The molecular formula is C4H9N5. The molecule has 0 amide bonds. The predicted octanol–water partition coefficient (Wildman–Crippen LogP) is 0.707. The first-order valence-electron chi connectivity index (χ1n) is 2.74. The summed E-state index contributed by atoms with van der Waals surface area (Å²) >= 11 is 0. The van der Waals surface area contributed by atoms with Crippen molar-refractivity contribution in [3.05, 3.63) is 0 Å². The van der Waals surface area contributed by atoms with Crippen molar-refractivity contribution in [2.45, 2.75) is 6.17 Å². The van der Waals surface area contributed by atoms with Crippen molar-refractivity contribution in [3.8, 4) is 0 Å². The minimum absolute atomic E-state index is 0.0694. The average Bonchev–Trinajstić information content (AvgIpc) is 2.15. The maximum atomic E-state index is 3.73. The lowest BCUT2D eigenvalue weighted by atomic mass is 10.5. The largest absolute Gasteiger partial charge is 0.305 e. The van der Waals surface area contributed by atoms with Gasteiger partial charge >= 0.3 is 0 Å². The summed E-state index contributed by atoms with van der Waals surface area (Å²) in [7, 11) is 3.92. The maximum Gasteiger partial charge on any atom is 0.197 e. The van der Waals surface area contributed by atoms with E-state index in [0.29, 0.717) is 0 Å². The maximum absolute atomic E-state index is 3.73. The quantitative estimate of drug-likeness (QED) is 0.538. The van der Waals surface area contributed by atoms with Crippen molar-refractivity contribution in [1.29, 1.82) is 0 Å². The number of rotatable bonds is 2. The molecule has 0 aromatic rings. The highest BCUT2D eigenvalue weighted by molar-refractivity contribution is 4.63. The second kappa shape index (κ2) is 2.63. The van der Waals surface area contributed by atoms with E-state index in [1.54, 1.807) is 0 Å². The molecule has 0 aromatic heterocycles. The van der Waals surface area contributed by atoms with Crippen LogP contribution in [0, 0.1) is 0 Å². The first-order chi connectivity index (χ1) is 4.29. The Hall–Kier alpha value is -0.840. The van der Waals surface area contributed by atoms with Gasteiger partial charge in [-0.15, -0.1) is 10.2 Å². The summed E-state index contributed by atoms with van der Waals surface area (Å²) in [6.07, 6.45) is -0.0694. The fourth-order valence-corrected chi connectivity index (χ4v) is 0.588. The van der Waals surface area contributed by atoms with Crippen LogP contribution < -0.4 is 0 Å². The van der Waals surface area contributed by atoms with Crippen LogP contribution in [0.5, 0.6) is 0 Å². The van der Waals surface area contributed by atoms with Crippen LogP contribution >= 0.6 is 0 Å². The second-order valence-corrected chi connectivity index (χ2v) is 2.15. The Morgan fingerprint density at radius 2 is 1.78 bits per heavy atom. The highest BCUT2D eigenvalue weighted by Crippen LogP contribution is 2.04. The monoisotopic (exact) mass is 127 g/mol. The molecule has 1 aliphatic heterocycles. The van der Waals surface area contributed by atoms with E-state index >= 15 is 0 Å². The van der Waals surface area contributed by atoms with Crippen LogP contribution in [0.4, 0.5) is 0 Å². The van der Waals surface area contributed by atoms with E-state index in [9.17, 15) is 0 Å². The van der Waals surface area contributed by atoms with Crippen LogP contribution in [0.2, 0.25) is 0 Å². The Balaban J connectivity index is 2.29. The van der Waals surface area contributed by atoms with Crippen molar-refractivity contribution < 1.29 is 0 Å². The number of nitrogens with zero attached hydrogens (tertiary/aromatic N) is 5. The Morgan fingerprint density at radius 1 is 1.22 bits per heavy atom. The molecule has 0 aliphatic carbocycles. The van der Waals surface area contributed by atoms with Gasteiger partial charge in [-0.05, 0) is 24.5 Å². The molecule has 5 heteroatoms. The van der Waals surface area contributed by atoms with Gasteiger partial charge in [-0.2, -0.15) is 0 Å². The van der Waals surface area contributed by atoms with Gasteiger partial charge in [-0.3, -0.25) is 0 Å². The van der Waals surface area contributed by atoms with Crippen LogP contribution in [0.25, 0.3) is 0 Å². The molecule has 0 aromatic carbocycles. The number of hydrogen-bond acceptors (Lipinski definition) is 5. The molecule has 0 N–H and O–H groups in total. The summed E-state index contributed by atoms with van der Waals surface area (Å²) in [5, 5.41) is 14.2. The predicted molar refractivity (Wildman–Crippen MR) is 32.1 cm³/mol. The molecule has 1 heterocycles. The molecule has 5 nitrogen and oxygen atoms in total. The third-order valence-electron chi connectivity index (χ3n) is 0.938. The third-order valence-corrected chi connectivity index (χ3v) is 0.938. The van der Waals surface area contributed by atoms with E-state index in [4.69, 9.17) is 0 Å². The molecule has 0 saturated carbocycles. The lowest BCUT2D eigenvalue weighted by molar-refractivity contribution is 0.376. The summed E-state index contributed by atoms with van der Waals surface area (Å²) in [5.74, 6) is 0. The van der Waals surface area contributed by atoms with E-state index in [2.05, 4.69) is 20.7 Å². The lowest BCUT2D eigenvalue weighted by Crippen LogP contribution is -2.21. The summed E-state index contributed by atoms with van der Waals surface area (Å²) in [6.45, 7) is 0.785. The number of likely N-dealkylation sites (N-methyl/N-ethyl adjacent to an activating group) is 1. The zero-order valence-corrected chi connectivity index (χ0v) is 5.52. The fourth-order valence-electron chi connectivity index (χ4n) is 0.588. The zero-order chi connectivity index (χ0) is 6.69.